The molecule has 0 saturated heterocycles. The second kappa shape index (κ2) is 5.88. The lowest BCUT2D eigenvalue weighted by Gasteiger charge is -2.11. The molecule has 5 heteroatoms. The lowest BCUT2D eigenvalue weighted by Crippen LogP contribution is -2.21. The minimum Gasteiger partial charge on any atom is -0.369 e. The number of anilines is 1. The van der Waals surface area contributed by atoms with Crippen LogP contribution in [-0.2, 0) is 6.42 Å². The molecule has 0 saturated carbocycles. The quantitative estimate of drug-likeness (QED) is 0.779. The standard InChI is InChI=1S/C10H17ClN4/c1-4-9-13-8(11)7-10(14-9)12-5-6-15(2)3/h7H,4-6H2,1-3H3,(H,12,13,14). The summed E-state index contributed by atoms with van der Waals surface area (Å²) in [6.07, 6.45) is 0.795. The highest BCUT2D eigenvalue weighted by molar-refractivity contribution is 6.29. The molecule has 1 N–H and O–H groups in total. The van der Waals surface area contributed by atoms with E-state index in [-0.39, 0.29) is 0 Å². The Labute approximate surface area is 95.7 Å². The van der Waals surface area contributed by atoms with Gasteiger partial charge in [-0.2, -0.15) is 0 Å². The molecule has 1 rings (SSSR count). The third-order valence-corrected chi connectivity index (χ3v) is 2.12. The van der Waals surface area contributed by atoms with Crippen LogP contribution in [0.25, 0.3) is 0 Å². The van der Waals surface area contributed by atoms with Gasteiger partial charge in [0, 0.05) is 25.6 Å². The van der Waals surface area contributed by atoms with Gasteiger partial charge in [-0.1, -0.05) is 18.5 Å². The topological polar surface area (TPSA) is 41.1 Å². The van der Waals surface area contributed by atoms with E-state index in [2.05, 4.69) is 20.2 Å². The molecule has 0 atom stereocenters. The monoisotopic (exact) mass is 228 g/mol. The molecule has 0 amide bonds. The molecule has 0 spiro atoms. The van der Waals surface area contributed by atoms with Gasteiger partial charge in [0.1, 0.15) is 16.8 Å². The molecule has 0 aliphatic carbocycles. The largest absolute Gasteiger partial charge is 0.369 e. The van der Waals surface area contributed by atoms with Crippen molar-refractivity contribution in [3.05, 3.63) is 17.0 Å². The van der Waals surface area contributed by atoms with Crippen LogP contribution in [0.5, 0.6) is 0 Å². The molecule has 4 nitrogen and oxygen atoms in total. The van der Waals surface area contributed by atoms with Crippen LogP contribution in [0.3, 0.4) is 0 Å². The Hall–Kier alpha value is -0.870. The molecule has 0 aliphatic rings. The van der Waals surface area contributed by atoms with Crippen molar-refractivity contribution < 1.29 is 0 Å². The Morgan fingerprint density at radius 3 is 2.73 bits per heavy atom. The number of nitrogens with one attached hydrogen (secondary N) is 1. The van der Waals surface area contributed by atoms with Crippen LogP contribution >= 0.6 is 11.6 Å². The molecule has 1 aromatic heterocycles. The summed E-state index contributed by atoms with van der Waals surface area (Å²) in [6, 6.07) is 1.75. The molecular formula is C10H17ClN4. The molecule has 15 heavy (non-hydrogen) atoms. The summed E-state index contributed by atoms with van der Waals surface area (Å²) < 4.78 is 0. The summed E-state index contributed by atoms with van der Waals surface area (Å²) in [6.45, 7) is 3.82. The highest BCUT2D eigenvalue weighted by atomic mass is 35.5. The van der Waals surface area contributed by atoms with Gasteiger partial charge >= 0.3 is 0 Å². The van der Waals surface area contributed by atoms with Crippen LogP contribution in [0.15, 0.2) is 6.07 Å². The summed E-state index contributed by atoms with van der Waals surface area (Å²) >= 11 is 5.87. The zero-order valence-electron chi connectivity index (χ0n) is 9.42. The predicted octanol–water partition coefficient (Wildman–Crippen LogP) is 1.67. The molecule has 1 aromatic rings. The lowest BCUT2D eigenvalue weighted by molar-refractivity contribution is 0.425. The Morgan fingerprint density at radius 1 is 1.40 bits per heavy atom. The Kier molecular flexibility index (Phi) is 4.78. The summed E-state index contributed by atoms with van der Waals surface area (Å²) in [5.74, 6) is 1.57. The van der Waals surface area contributed by atoms with Gasteiger partial charge in [0.05, 0.1) is 0 Å². The van der Waals surface area contributed by atoms with E-state index in [1.54, 1.807) is 6.07 Å². The first-order valence-corrected chi connectivity index (χ1v) is 5.41. The van der Waals surface area contributed by atoms with Gasteiger partial charge in [0.15, 0.2) is 0 Å². The molecule has 0 unspecified atom stereocenters. The van der Waals surface area contributed by atoms with Crippen molar-refractivity contribution in [2.45, 2.75) is 13.3 Å². The number of nitrogens with zero attached hydrogens (tertiary/aromatic N) is 3. The smallest absolute Gasteiger partial charge is 0.134 e. The zero-order valence-corrected chi connectivity index (χ0v) is 10.2. The van der Waals surface area contributed by atoms with Gasteiger partial charge < -0.3 is 10.2 Å². The summed E-state index contributed by atoms with van der Waals surface area (Å²) in [5, 5.41) is 3.71. The molecule has 84 valence electrons. The van der Waals surface area contributed by atoms with E-state index >= 15 is 0 Å². The maximum absolute atomic E-state index is 5.87. The highest BCUT2D eigenvalue weighted by Gasteiger charge is 2.01. The van der Waals surface area contributed by atoms with E-state index in [0.29, 0.717) is 5.15 Å². The molecule has 0 aliphatic heterocycles. The normalized spacial score (nSPS) is 10.7. The number of aromatic nitrogens is 2. The SMILES string of the molecule is CCc1nc(Cl)cc(NCCN(C)C)n1. The first kappa shape index (κ1) is 12.2. The van der Waals surface area contributed by atoms with Crippen molar-refractivity contribution >= 4 is 17.4 Å². The Morgan fingerprint density at radius 2 is 2.13 bits per heavy atom. The molecule has 0 aromatic carbocycles. The third-order valence-electron chi connectivity index (χ3n) is 1.92. The maximum Gasteiger partial charge on any atom is 0.134 e. The van der Waals surface area contributed by atoms with Crippen LogP contribution in [0, 0.1) is 0 Å². The minimum atomic E-state index is 0.495. The van der Waals surface area contributed by atoms with Crippen LogP contribution < -0.4 is 5.32 Å². The fourth-order valence-corrected chi connectivity index (χ4v) is 1.32. The van der Waals surface area contributed by atoms with Crippen molar-refractivity contribution in [1.29, 1.82) is 0 Å². The van der Waals surface area contributed by atoms with E-state index in [9.17, 15) is 0 Å². The van der Waals surface area contributed by atoms with E-state index in [4.69, 9.17) is 11.6 Å². The summed E-state index contributed by atoms with van der Waals surface area (Å²) in [7, 11) is 4.07. The van der Waals surface area contributed by atoms with Gasteiger partial charge in [0.2, 0.25) is 0 Å². The van der Waals surface area contributed by atoms with E-state index in [1.165, 1.54) is 0 Å². The first-order chi connectivity index (χ1) is 7.11. The van der Waals surface area contributed by atoms with E-state index < -0.39 is 0 Å². The highest BCUT2D eigenvalue weighted by Crippen LogP contribution is 2.11. The average molecular weight is 229 g/mol. The second-order valence-electron chi connectivity index (χ2n) is 3.58. The molecule has 0 fully saturated rings. The van der Waals surface area contributed by atoms with E-state index in [1.807, 2.05) is 21.0 Å². The van der Waals surface area contributed by atoms with Gasteiger partial charge in [-0.15, -0.1) is 0 Å². The fraction of sp³-hybridized carbons (Fsp3) is 0.600. The minimum absolute atomic E-state index is 0.495. The zero-order chi connectivity index (χ0) is 11.3. The van der Waals surface area contributed by atoms with Crippen molar-refractivity contribution in [2.75, 3.05) is 32.5 Å². The number of aryl methyl sites for hydroxylation is 1. The van der Waals surface area contributed by atoms with Gasteiger partial charge in [-0.05, 0) is 14.1 Å². The third kappa shape index (κ3) is 4.44. The van der Waals surface area contributed by atoms with E-state index in [0.717, 1.165) is 31.2 Å². The molecule has 0 bridgehead atoms. The number of rotatable bonds is 5. The maximum atomic E-state index is 5.87. The van der Waals surface area contributed by atoms with Gasteiger partial charge in [-0.3, -0.25) is 0 Å². The van der Waals surface area contributed by atoms with Crippen LogP contribution in [-0.4, -0.2) is 42.1 Å². The Bertz CT molecular complexity index is 314. The lowest BCUT2D eigenvalue weighted by atomic mass is 10.4. The fourth-order valence-electron chi connectivity index (χ4n) is 1.12. The summed E-state index contributed by atoms with van der Waals surface area (Å²) in [5.41, 5.74) is 0. The van der Waals surface area contributed by atoms with Crippen molar-refractivity contribution in [3.63, 3.8) is 0 Å². The van der Waals surface area contributed by atoms with Gasteiger partial charge in [0.25, 0.3) is 0 Å². The van der Waals surface area contributed by atoms with Crippen molar-refractivity contribution in [2.24, 2.45) is 0 Å². The second-order valence-corrected chi connectivity index (χ2v) is 3.96. The van der Waals surface area contributed by atoms with Crippen LogP contribution in [0.1, 0.15) is 12.7 Å². The first-order valence-electron chi connectivity index (χ1n) is 5.04. The van der Waals surface area contributed by atoms with Crippen molar-refractivity contribution in [3.8, 4) is 0 Å². The molecular weight excluding hydrogens is 212 g/mol. The number of hydrogen-bond acceptors (Lipinski definition) is 4. The van der Waals surface area contributed by atoms with Crippen molar-refractivity contribution in [1.82, 2.24) is 14.9 Å². The summed E-state index contributed by atoms with van der Waals surface area (Å²) in [4.78, 5) is 10.5. The van der Waals surface area contributed by atoms with Gasteiger partial charge in [-0.25, -0.2) is 9.97 Å². The molecule has 1 heterocycles. The van der Waals surface area contributed by atoms with Crippen LogP contribution in [0.4, 0.5) is 5.82 Å². The average Bonchev–Trinajstić information content (AvgIpc) is 2.16. The predicted molar refractivity (Wildman–Crippen MR) is 63.5 cm³/mol. The Balaban J connectivity index is 2.56. The van der Waals surface area contributed by atoms with Crippen LogP contribution in [0.2, 0.25) is 5.15 Å². The number of hydrogen-bond donors (Lipinski definition) is 1. The number of halogens is 1. The molecule has 0 radical (unpaired) electrons. The number of likely N-dealkylation sites (N-methyl/N-ethyl adjacent to an activating group) is 1.